The van der Waals surface area contributed by atoms with E-state index in [2.05, 4.69) is 15.4 Å². The Morgan fingerprint density at radius 3 is 2.80 bits per heavy atom. The number of rotatable bonds is 6. The first-order valence-corrected chi connectivity index (χ1v) is 6.34. The molecule has 3 N–H and O–H groups in total. The lowest BCUT2D eigenvalue weighted by molar-refractivity contribution is 0.333. The van der Waals surface area contributed by atoms with Gasteiger partial charge in [-0.05, 0) is 13.0 Å². The van der Waals surface area contributed by atoms with Crippen LogP contribution in [-0.2, 0) is 0 Å². The van der Waals surface area contributed by atoms with Crippen molar-refractivity contribution >= 4 is 0 Å². The third-order valence-corrected chi connectivity index (χ3v) is 2.86. The van der Waals surface area contributed by atoms with Gasteiger partial charge in [-0.3, -0.25) is 5.84 Å². The van der Waals surface area contributed by atoms with Gasteiger partial charge < -0.3 is 9.47 Å². The highest BCUT2D eigenvalue weighted by atomic mass is 16.5. The van der Waals surface area contributed by atoms with E-state index in [1.54, 1.807) is 13.2 Å². The van der Waals surface area contributed by atoms with Crippen LogP contribution in [0.1, 0.15) is 24.2 Å². The van der Waals surface area contributed by atoms with Crippen LogP contribution in [0.5, 0.6) is 11.6 Å². The fourth-order valence-corrected chi connectivity index (χ4v) is 1.96. The molecule has 1 aromatic heterocycles. The Labute approximate surface area is 117 Å². The van der Waals surface area contributed by atoms with Crippen molar-refractivity contribution in [3.8, 4) is 11.6 Å². The number of nitrogens with zero attached hydrogens (tertiary/aromatic N) is 2. The summed E-state index contributed by atoms with van der Waals surface area (Å²) in [5.74, 6) is 6.95. The number of ether oxygens (including phenoxy) is 2. The molecule has 2 rings (SSSR count). The fraction of sp³-hybridized carbons (Fsp3) is 0.286. The average molecular weight is 274 g/mol. The molecular formula is C14H18N4O2. The summed E-state index contributed by atoms with van der Waals surface area (Å²) < 4.78 is 10.7. The Morgan fingerprint density at radius 2 is 2.10 bits per heavy atom. The number of para-hydroxylation sites is 1. The predicted octanol–water partition coefficient (Wildman–Crippen LogP) is 1.44. The van der Waals surface area contributed by atoms with Crippen LogP contribution in [0.2, 0.25) is 0 Å². The molecule has 0 aliphatic heterocycles. The standard InChI is InChI=1S/C14H18N4O2/c1-3-20-12-7-5-4-6-10(12)14(18-15)11-8-13(19-2)17-9-16-11/h4-9,14,18H,3,15H2,1-2H3. The maximum atomic E-state index is 5.69. The zero-order valence-electron chi connectivity index (χ0n) is 11.5. The van der Waals surface area contributed by atoms with Crippen molar-refractivity contribution in [3.05, 3.63) is 47.9 Å². The number of methoxy groups -OCH3 is 1. The number of nitrogens with two attached hydrogens (primary N) is 1. The van der Waals surface area contributed by atoms with E-state index in [0.29, 0.717) is 18.2 Å². The quantitative estimate of drug-likeness (QED) is 0.612. The summed E-state index contributed by atoms with van der Waals surface area (Å²) in [7, 11) is 1.56. The molecule has 106 valence electrons. The summed E-state index contributed by atoms with van der Waals surface area (Å²) in [6.07, 6.45) is 1.45. The van der Waals surface area contributed by atoms with Gasteiger partial charge in [0.1, 0.15) is 12.1 Å². The molecule has 6 heteroatoms. The molecule has 1 atom stereocenters. The number of aromatic nitrogens is 2. The summed E-state index contributed by atoms with van der Waals surface area (Å²) in [6, 6.07) is 9.15. The third kappa shape index (κ3) is 3.04. The molecular weight excluding hydrogens is 256 g/mol. The van der Waals surface area contributed by atoms with Crippen molar-refractivity contribution in [1.82, 2.24) is 15.4 Å². The van der Waals surface area contributed by atoms with E-state index < -0.39 is 0 Å². The SMILES string of the molecule is CCOc1ccccc1C(NN)c1cc(OC)ncn1. The number of benzene rings is 1. The molecule has 2 aromatic rings. The predicted molar refractivity (Wildman–Crippen MR) is 75.4 cm³/mol. The topological polar surface area (TPSA) is 82.3 Å². The molecule has 1 unspecified atom stereocenters. The van der Waals surface area contributed by atoms with E-state index in [4.69, 9.17) is 15.3 Å². The van der Waals surface area contributed by atoms with Crippen molar-refractivity contribution in [2.75, 3.05) is 13.7 Å². The molecule has 0 spiro atoms. The highest BCUT2D eigenvalue weighted by Gasteiger charge is 2.18. The smallest absolute Gasteiger partial charge is 0.216 e. The molecule has 0 amide bonds. The van der Waals surface area contributed by atoms with Crippen molar-refractivity contribution in [2.45, 2.75) is 13.0 Å². The molecule has 0 saturated heterocycles. The summed E-state index contributed by atoms with van der Waals surface area (Å²) in [5.41, 5.74) is 4.39. The maximum absolute atomic E-state index is 5.69. The van der Waals surface area contributed by atoms with Crippen LogP contribution in [0.3, 0.4) is 0 Å². The van der Waals surface area contributed by atoms with Gasteiger partial charge in [-0.15, -0.1) is 0 Å². The third-order valence-electron chi connectivity index (χ3n) is 2.86. The minimum absolute atomic E-state index is 0.297. The molecule has 0 aliphatic carbocycles. The van der Waals surface area contributed by atoms with Crippen LogP contribution in [0.15, 0.2) is 36.7 Å². The molecule has 1 aromatic carbocycles. The number of hydrogen-bond acceptors (Lipinski definition) is 6. The normalized spacial score (nSPS) is 11.9. The zero-order chi connectivity index (χ0) is 14.4. The largest absolute Gasteiger partial charge is 0.494 e. The lowest BCUT2D eigenvalue weighted by Gasteiger charge is -2.19. The Kier molecular flexibility index (Phi) is 4.86. The van der Waals surface area contributed by atoms with Gasteiger partial charge in [0.05, 0.1) is 25.5 Å². The van der Waals surface area contributed by atoms with E-state index in [1.807, 2.05) is 31.2 Å². The molecule has 0 radical (unpaired) electrons. The van der Waals surface area contributed by atoms with Gasteiger partial charge in [-0.2, -0.15) is 0 Å². The van der Waals surface area contributed by atoms with E-state index in [0.717, 1.165) is 11.3 Å². The van der Waals surface area contributed by atoms with Gasteiger partial charge in [0.15, 0.2) is 0 Å². The molecule has 0 aliphatic rings. The van der Waals surface area contributed by atoms with Gasteiger partial charge in [0.25, 0.3) is 0 Å². The Morgan fingerprint density at radius 1 is 1.30 bits per heavy atom. The van der Waals surface area contributed by atoms with Crippen LogP contribution < -0.4 is 20.7 Å². The van der Waals surface area contributed by atoms with Crippen molar-refractivity contribution in [1.29, 1.82) is 0 Å². The maximum Gasteiger partial charge on any atom is 0.216 e. The molecule has 20 heavy (non-hydrogen) atoms. The van der Waals surface area contributed by atoms with E-state index in [1.165, 1.54) is 6.33 Å². The van der Waals surface area contributed by atoms with Crippen LogP contribution >= 0.6 is 0 Å². The van der Waals surface area contributed by atoms with E-state index in [9.17, 15) is 0 Å². The highest BCUT2D eigenvalue weighted by molar-refractivity contribution is 5.40. The zero-order valence-corrected chi connectivity index (χ0v) is 11.5. The van der Waals surface area contributed by atoms with E-state index in [-0.39, 0.29) is 6.04 Å². The van der Waals surface area contributed by atoms with Crippen LogP contribution in [0, 0.1) is 0 Å². The summed E-state index contributed by atoms with van der Waals surface area (Å²) in [5, 5.41) is 0. The first-order chi connectivity index (χ1) is 9.80. The second-order valence-electron chi connectivity index (χ2n) is 4.06. The van der Waals surface area contributed by atoms with Crippen LogP contribution in [-0.4, -0.2) is 23.7 Å². The number of nitrogens with one attached hydrogen (secondary N) is 1. The van der Waals surface area contributed by atoms with Gasteiger partial charge in [0, 0.05) is 11.6 Å². The van der Waals surface area contributed by atoms with Gasteiger partial charge >= 0.3 is 0 Å². The Balaban J connectivity index is 2.41. The summed E-state index contributed by atoms with van der Waals surface area (Å²) >= 11 is 0. The molecule has 6 nitrogen and oxygen atoms in total. The first kappa shape index (κ1) is 14.2. The van der Waals surface area contributed by atoms with Crippen molar-refractivity contribution in [3.63, 3.8) is 0 Å². The monoisotopic (exact) mass is 274 g/mol. The summed E-state index contributed by atoms with van der Waals surface area (Å²) in [6.45, 7) is 2.52. The molecule has 0 saturated carbocycles. The minimum atomic E-state index is -0.297. The molecule has 0 fully saturated rings. The fourth-order valence-electron chi connectivity index (χ4n) is 1.96. The van der Waals surface area contributed by atoms with Gasteiger partial charge in [-0.25, -0.2) is 15.4 Å². The highest BCUT2D eigenvalue weighted by Crippen LogP contribution is 2.29. The average Bonchev–Trinajstić information content (AvgIpc) is 2.50. The second-order valence-corrected chi connectivity index (χ2v) is 4.06. The molecule has 0 bridgehead atoms. The minimum Gasteiger partial charge on any atom is -0.494 e. The Bertz CT molecular complexity index is 562. The van der Waals surface area contributed by atoms with Crippen LogP contribution in [0.25, 0.3) is 0 Å². The van der Waals surface area contributed by atoms with Gasteiger partial charge in [0.2, 0.25) is 5.88 Å². The lowest BCUT2D eigenvalue weighted by Crippen LogP contribution is -2.30. The van der Waals surface area contributed by atoms with Crippen LogP contribution in [0.4, 0.5) is 0 Å². The van der Waals surface area contributed by atoms with Crippen molar-refractivity contribution in [2.24, 2.45) is 5.84 Å². The number of hydrogen-bond donors (Lipinski definition) is 2. The van der Waals surface area contributed by atoms with Crippen molar-refractivity contribution < 1.29 is 9.47 Å². The molecule has 1 heterocycles. The second kappa shape index (κ2) is 6.83. The van der Waals surface area contributed by atoms with Gasteiger partial charge in [-0.1, -0.05) is 18.2 Å². The van der Waals surface area contributed by atoms with E-state index >= 15 is 0 Å². The number of hydrazine groups is 1. The first-order valence-electron chi connectivity index (χ1n) is 6.34. The summed E-state index contributed by atoms with van der Waals surface area (Å²) in [4.78, 5) is 8.24. The Hall–Kier alpha value is -2.18. The lowest BCUT2D eigenvalue weighted by atomic mass is 10.0.